The molecule has 138 valence electrons. The first-order chi connectivity index (χ1) is 11.8. The van der Waals surface area contributed by atoms with Gasteiger partial charge in [0.1, 0.15) is 0 Å². The highest BCUT2D eigenvalue weighted by Gasteiger charge is 2.26. The number of aryl methyl sites for hydroxylation is 1. The summed E-state index contributed by atoms with van der Waals surface area (Å²) in [6.45, 7) is 9.54. The number of carbonyl (C=O) groups is 2. The number of hydrogen-bond donors (Lipinski definition) is 1. The summed E-state index contributed by atoms with van der Waals surface area (Å²) in [4.78, 5) is 28.2. The second-order valence-electron chi connectivity index (χ2n) is 7.02. The second kappa shape index (κ2) is 8.45. The highest BCUT2D eigenvalue weighted by atomic mass is 16.5. The van der Waals surface area contributed by atoms with Gasteiger partial charge in [-0.15, -0.1) is 0 Å². The lowest BCUT2D eigenvalue weighted by molar-refractivity contribution is -0.144. The van der Waals surface area contributed by atoms with Gasteiger partial charge in [0.15, 0.2) is 0 Å². The van der Waals surface area contributed by atoms with Crippen molar-refractivity contribution in [1.29, 1.82) is 0 Å². The summed E-state index contributed by atoms with van der Waals surface area (Å²) >= 11 is 0. The average Bonchev–Trinajstić information content (AvgIpc) is 2.50. The summed E-state index contributed by atoms with van der Waals surface area (Å²) < 4.78 is 5.65. The zero-order valence-corrected chi connectivity index (χ0v) is 15.8. The second-order valence-corrected chi connectivity index (χ2v) is 7.02. The molecule has 1 aliphatic rings. The number of amides is 2. The number of hydrogen-bond acceptors (Lipinski definition) is 4. The van der Waals surface area contributed by atoms with Gasteiger partial charge in [0.05, 0.1) is 25.3 Å². The van der Waals surface area contributed by atoms with Crippen molar-refractivity contribution < 1.29 is 14.3 Å². The minimum Gasteiger partial charge on any atom is -0.372 e. The maximum Gasteiger partial charge on any atom is 0.238 e. The normalized spacial score (nSPS) is 20.6. The molecular formula is C19H29N3O3. The minimum atomic E-state index is -0.118. The Bertz CT molecular complexity index is 622. The van der Waals surface area contributed by atoms with Gasteiger partial charge in [-0.3, -0.25) is 14.5 Å². The molecule has 0 aliphatic carbocycles. The summed E-state index contributed by atoms with van der Waals surface area (Å²) in [6, 6.07) is 5.83. The number of nitrogens with one attached hydrogen (secondary N) is 1. The smallest absolute Gasteiger partial charge is 0.238 e. The Labute approximate surface area is 150 Å². The molecule has 0 aromatic heterocycles. The van der Waals surface area contributed by atoms with Gasteiger partial charge in [-0.25, -0.2) is 0 Å². The minimum absolute atomic E-state index is 0.0315. The number of benzene rings is 1. The lowest BCUT2D eigenvalue weighted by Crippen LogP contribution is -2.51. The fourth-order valence-corrected chi connectivity index (χ4v) is 3.09. The molecule has 1 aromatic carbocycles. The van der Waals surface area contributed by atoms with Crippen LogP contribution in [0.1, 0.15) is 25.0 Å². The molecule has 1 N–H and O–H groups in total. The van der Waals surface area contributed by atoms with E-state index in [4.69, 9.17) is 4.74 Å². The van der Waals surface area contributed by atoms with E-state index in [0.717, 1.165) is 16.8 Å². The third-order valence-corrected chi connectivity index (χ3v) is 4.47. The van der Waals surface area contributed by atoms with Crippen molar-refractivity contribution in [2.75, 3.05) is 38.5 Å². The summed E-state index contributed by atoms with van der Waals surface area (Å²) in [5, 5.41) is 2.92. The molecule has 1 heterocycles. The zero-order chi connectivity index (χ0) is 18.6. The van der Waals surface area contributed by atoms with Crippen molar-refractivity contribution in [3.63, 3.8) is 0 Å². The van der Waals surface area contributed by atoms with Gasteiger partial charge < -0.3 is 15.0 Å². The number of carbonyl (C=O) groups excluding carboxylic acids is 2. The van der Waals surface area contributed by atoms with Crippen LogP contribution in [0.15, 0.2) is 18.2 Å². The standard InChI is InChI=1S/C19H29N3O3/c1-13-7-6-8-17(16(13)4)20-18(23)11-21(5)12-19(24)22-9-14(2)25-15(3)10-22/h6-8,14-15H,9-12H2,1-5H3,(H,20,23)/t14-,15-/m1/s1. The summed E-state index contributed by atoms with van der Waals surface area (Å²) in [5.74, 6) is -0.0863. The van der Waals surface area contributed by atoms with Crippen LogP contribution in [-0.2, 0) is 14.3 Å². The zero-order valence-electron chi connectivity index (χ0n) is 15.8. The van der Waals surface area contributed by atoms with E-state index in [1.54, 1.807) is 11.9 Å². The summed E-state index contributed by atoms with van der Waals surface area (Å²) in [6.07, 6.45) is 0.0937. The summed E-state index contributed by atoms with van der Waals surface area (Å²) in [7, 11) is 1.79. The predicted octanol–water partition coefficient (Wildman–Crippen LogP) is 1.81. The molecule has 0 unspecified atom stereocenters. The average molecular weight is 347 g/mol. The molecule has 1 aliphatic heterocycles. The van der Waals surface area contributed by atoms with Gasteiger partial charge in [0.2, 0.25) is 11.8 Å². The maximum atomic E-state index is 12.4. The number of anilines is 1. The summed E-state index contributed by atoms with van der Waals surface area (Å²) in [5.41, 5.74) is 3.02. The number of nitrogens with zero attached hydrogens (tertiary/aromatic N) is 2. The number of likely N-dealkylation sites (N-methyl/N-ethyl adjacent to an activating group) is 1. The van der Waals surface area contributed by atoms with Crippen LogP contribution in [0.5, 0.6) is 0 Å². The number of rotatable bonds is 5. The maximum absolute atomic E-state index is 12.4. The van der Waals surface area contributed by atoms with Crippen molar-refractivity contribution in [3.05, 3.63) is 29.3 Å². The van der Waals surface area contributed by atoms with Crippen molar-refractivity contribution in [1.82, 2.24) is 9.80 Å². The highest BCUT2D eigenvalue weighted by molar-refractivity contribution is 5.93. The topological polar surface area (TPSA) is 61.9 Å². The largest absolute Gasteiger partial charge is 0.372 e. The molecule has 6 nitrogen and oxygen atoms in total. The molecule has 2 rings (SSSR count). The molecule has 2 amide bonds. The fraction of sp³-hybridized carbons (Fsp3) is 0.579. The molecule has 6 heteroatoms. The van der Waals surface area contributed by atoms with Crippen LogP contribution in [0.3, 0.4) is 0 Å². The van der Waals surface area contributed by atoms with E-state index in [1.807, 2.05) is 50.8 Å². The SMILES string of the molecule is Cc1cccc(NC(=O)CN(C)CC(=O)N2C[C@@H](C)O[C@H](C)C2)c1C. The molecule has 0 radical (unpaired) electrons. The Balaban J connectivity index is 1.84. The van der Waals surface area contributed by atoms with Gasteiger partial charge in [-0.2, -0.15) is 0 Å². The van der Waals surface area contributed by atoms with Crippen molar-refractivity contribution in [3.8, 4) is 0 Å². The number of morpholine rings is 1. The van der Waals surface area contributed by atoms with E-state index >= 15 is 0 Å². The first kappa shape index (κ1) is 19.4. The van der Waals surface area contributed by atoms with Gasteiger partial charge >= 0.3 is 0 Å². The predicted molar refractivity (Wildman–Crippen MR) is 98.6 cm³/mol. The molecule has 25 heavy (non-hydrogen) atoms. The van der Waals surface area contributed by atoms with Gasteiger partial charge in [0, 0.05) is 18.8 Å². The third-order valence-electron chi connectivity index (χ3n) is 4.47. The third kappa shape index (κ3) is 5.54. The Kier molecular flexibility index (Phi) is 6.56. The van der Waals surface area contributed by atoms with E-state index < -0.39 is 0 Å². The monoisotopic (exact) mass is 347 g/mol. The van der Waals surface area contributed by atoms with Crippen LogP contribution in [-0.4, -0.2) is 67.0 Å². The van der Waals surface area contributed by atoms with Gasteiger partial charge in [0.25, 0.3) is 0 Å². The Morgan fingerprint density at radius 2 is 1.84 bits per heavy atom. The first-order valence-corrected chi connectivity index (χ1v) is 8.74. The van der Waals surface area contributed by atoms with Gasteiger partial charge in [-0.05, 0) is 51.9 Å². The van der Waals surface area contributed by atoms with E-state index in [1.165, 1.54) is 0 Å². The van der Waals surface area contributed by atoms with Crippen LogP contribution >= 0.6 is 0 Å². The molecule has 1 fully saturated rings. The number of ether oxygens (including phenoxy) is 1. The van der Waals surface area contributed by atoms with Crippen molar-refractivity contribution >= 4 is 17.5 Å². The van der Waals surface area contributed by atoms with E-state index in [-0.39, 0.29) is 37.1 Å². The molecular weight excluding hydrogens is 318 g/mol. The Morgan fingerprint density at radius 1 is 1.20 bits per heavy atom. The lowest BCUT2D eigenvalue weighted by atomic mass is 10.1. The highest BCUT2D eigenvalue weighted by Crippen LogP contribution is 2.17. The van der Waals surface area contributed by atoms with Crippen molar-refractivity contribution in [2.45, 2.75) is 39.9 Å². The van der Waals surface area contributed by atoms with Crippen LogP contribution in [0, 0.1) is 13.8 Å². The molecule has 0 saturated carbocycles. The van der Waals surface area contributed by atoms with Crippen LogP contribution in [0.25, 0.3) is 0 Å². The van der Waals surface area contributed by atoms with E-state index in [9.17, 15) is 9.59 Å². The molecule has 2 atom stereocenters. The van der Waals surface area contributed by atoms with Crippen LogP contribution in [0.4, 0.5) is 5.69 Å². The first-order valence-electron chi connectivity index (χ1n) is 8.74. The molecule has 1 aromatic rings. The Hall–Kier alpha value is -1.92. The molecule has 0 spiro atoms. The van der Waals surface area contributed by atoms with Crippen LogP contribution in [0.2, 0.25) is 0 Å². The van der Waals surface area contributed by atoms with E-state index in [0.29, 0.717) is 13.1 Å². The van der Waals surface area contributed by atoms with Crippen LogP contribution < -0.4 is 5.32 Å². The van der Waals surface area contributed by atoms with E-state index in [2.05, 4.69) is 5.32 Å². The van der Waals surface area contributed by atoms with Gasteiger partial charge in [-0.1, -0.05) is 12.1 Å². The molecule has 0 bridgehead atoms. The van der Waals surface area contributed by atoms with Crippen molar-refractivity contribution in [2.24, 2.45) is 0 Å². The Morgan fingerprint density at radius 3 is 2.48 bits per heavy atom. The lowest BCUT2D eigenvalue weighted by Gasteiger charge is -2.36. The quantitative estimate of drug-likeness (QED) is 0.882. The fourth-order valence-electron chi connectivity index (χ4n) is 3.09. The molecule has 1 saturated heterocycles.